The molecule has 0 spiro atoms. The van der Waals surface area contributed by atoms with Crippen LogP contribution < -0.4 is 5.32 Å². The van der Waals surface area contributed by atoms with Gasteiger partial charge in [-0.2, -0.15) is 8.42 Å². The van der Waals surface area contributed by atoms with Crippen LogP contribution in [0, 0.1) is 0 Å². The first-order chi connectivity index (χ1) is 11.0. The molecule has 0 saturated heterocycles. The molecule has 0 unspecified atom stereocenters. The van der Waals surface area contributed by atoms with Crippen molar-refractivity contribution in [2.24, 2.45) is 0 Å². The molecular formula is C17H18ClNO4S. The first-order valence-corrected chi connectivity index (χ1v) is 8.99. The zero-order chi connectivity index (χ0) is 18.1. The minimum atomic E-state index is -4.34. The Kier molecular flexibility index (Phi) is 5.03. The van der Waals surface area contributed by atoms with Crippen molar-refractivity contribution < 1.29 is 17.8 Å². The SMILES string of the molecule is CC(C)(C)c1ccc(C(=O)Nc2ccc(S(=O)(=O)O)cc2Cl)cc1. The zero-order valence-corrected chi connectivity index (χ0v) is 15.1. The lowest BCUT2D eigenvalue weighted by atomic mass is 9.87. The van der Waals surface area contributed by atoms with Crippen molar-refractivity contribution in [2.75, 3.05) is 5.32 Å². The second kappa shape index (κ2) is 6.55. The predicted molar refractivity (Wildman–Crippen MR) is 94.4 cm³/mol. The van der Waals surface area contributed by atoms with Gasteiger partial charge in [-0.15, -0.1) is 0 Å². The fourth-order valence-corrected chi connectivity index (χ4v) is 2.87. The Morgan fingerprint density at radius 1 is 1.08 bits per heavy atom. The number of rotatable bonds is 3. The van der Waals surface area contributed by atoms with E-state index < -0.39 is 10.1 Å². The van der Waals surface area contributed by atoms with E-state index in [1.807, 2.05) is 12.1 Å². The molecule has 7 heteroatoms. The van der Waals surface area contributed by atoms with Gasteiger partial charge in [0.2, 0.25) is 0 Å². The van der Waals surface area contributed by atoms with Gasteiger partial charge in [0.25, 0.3) is 16.0 Å². The average molecular weight is 368 g/mol. The summed E-state index contributed by atoms with van der Waals surface area (Å²) in [6, 6.07) is 10.8. The summed E-state index contributed by atoms with van der Waals surface area (Å²) < 4.78 is 31.1. The number of amides is 1. The topological polar surface area (TPSA) is 83.5 Å². The average Bonchev–Trinajstić information content (AvgIpc) is 2.47. The summed E-state index contributed by atoms with van der Waals surface area (Å²) in [6.07, 6.45) is 0. The highest BCUT2D eigenvalue weighted by Gasteiger charge is 2.16. The number of hydrogen-bond acceptors (Lipinski definition) is 3. The fraction of sp³-hybridized carbons (Fsp3) is 0.235. The molecule has 2 aromatic carbocycles. The highest BCUT2D eigenvalue weighted by molar-refractivity contribution is 7.85. The van der Waals surface area contributed by atoms with Gasteiger partial charge < -0.3 is 5.32 Å². The molecule has 0 bridgehead atoms. The number of hydrogen-bond donors (Lipinski definition) is 2. The van der Waals surface area contributed by atoms with E-state index in [2.05, 4.69) is 26.1 Å². The van der Waals surface area contributed by atoms with Gasteiger partial charge in [-0.05, 0) is 41.3 Å². The van der Waals surface area contributed by atoms with E-state index in [0.29, 0.717) is 5.56 Å². The molecule has 0 aromatic heterocycles. The van der Waals surface area contributed by atoms with E-state index in [1.165, 1.54) is 12.1 Å². The van der Waals surface area contributed by atoms with E-state index >= 15 is 0 Å². The standard InChI is InChI=1S/C17H18ClNO4S/c1-17(2,3)12-6-4-11(5-7-12)16(20)19-15-9-8-13(10-14(15)18)24(21,22)23/h4-10H,1-3H3,(H,19,20)(H,21,22,23). The monoisotopic (exact) mass is 367 g/mol. The number of anilines is 1. The van der Waals surface area contributed by atoms with Crippen molar-refractivity contribution in [1.29, 1.82) is 0 Å². The third kappa shape index (κ3) is 4.35. The molecule has 0 radical (unpaired) electrons. The van der Waals surface area contributed by atoms with Crippen LogP contribution >= 0.6 is 11.6 Å². The Morgan fingerprint density at radius 2 is 1.67 bits per heavy atom. The molecule has 0 aliphatic carbocycles. The van der Waals surface area contributed by atoms with Crippen molar-refractivity contribution in [2.45, 2.75) is 31.1 Å². The maximum atomic E-state index is 12.3. The molecule has 0 aliphatic heterocycles. The van der Waals surface area contributed by atoms with Crippen LogP contribution in [0.2, 0.25) is 5.02 Å². The molecule has 2 N–H and O–H groups in total. The van der Waals surface area contributed by atoms with Crippen LogP contribution in [0.15, 0.2) is 47.4 Å². The van der Waals surface area contributed by atoms with Gasteiger partial charge in [0, 0.05) is 5.56 Å². The zero-order valence-electron chi connectivity index (χ0n) is 13.5. The lowest BCUT2D eigenvalue weighted by Gasteiger charge is -2.19. The molecule has 2 rings (SSSR count). The molecule has 0 aliphatic rings. The summed E-state index contributed by atoms with van der Waals surface area (Å²) in [5.74, 6) is -0.364. The van der Waals surface area contributed by atoms with Gasteiger partial charge in [0.1, 0.15) is 0 Å². The number of benzene rings is 2. The summed E-state index contributed by atoms with van der Waals surface area (Å²) in [5, 5.41) is 2.63. The van der Waals surface area contributed by atoms with E-state index in [0.717, 1.165) is 11.6 Å². The first kappa shape index (κ1) is 18.4. The minimum Gasteiger partial charge on any atom is -0.321 e. The second-order valence-electron chi connectivity index (χ2n) is 6.40. The molecule has 128 valence electrons. The van der Waals surface area contributed by atoms with Crippen LogP contribution in [0.5, 0.6) is 0 Å². The minimum absolute atomic E-state index is 0.00999. The van der Waals surface area contributed by atoms with Crippen LogP contribution in [0.1, 0.15) is 36.7 Å². The summed E-state index contributed by atoms with van der Waals surface area (Å²) in [7, 11) is -4.34. The van der Waals surface area contributed by atoms with Crippen molar-refractivity contribution >= 4 is 33.3 Å². The highest BCUT2D eigenvalue weighted by atomic mass is 35.5. The summed E-state index contributed by atoms with van der Waals surface area (Å²) in [5.41, 5.74) is 1.81. The Labute approximate surface area is 146 Å². The fourth-order valence-electron chi connectivity index (χ4n) is 2.07. The van der Waals surface area contributed by atoms with Crippen LogP contribution in [0.25, 0.3) is 0 Å². The molecule has 24 heavy (non-hydrogen) atoms. The van der Waals surface area contributed by atoms with Gasteiger partial charge in [-0.3, -0.25) is 9.35 Å². The van der Waals surface area contributed by atoms with Gasteiger partial charge in [-0.1, -0.05) is 44.5 Å². The Bertz CT molecular complexity index is 868. The van der Waals surface area contributed by atoms with E-state index in [1.54, 1.807) is 12.1 Å². The lowest BCUT2D eigenvalue weighted by molar-refractivity contribution is 0.102. The Balaban J connectivity index is 2.21. The molecule has 2 aromatic rings. The van der Waals surface area contributed by atoms with Gasteiger partial charge in [0.15, 0.2) is 0 Å². The highest BCUT2D eigenvalue weighted by Crippen LogP contribution is 2.26. The van der Waals surface area contributed by atoms with Crippen LogP contribution in [-0.4, -0.2) is 18.9 Å². The smallest absolute Gasteiger partial charge is 0.294 e. The van der Waals surface area contributed by atoms with Crippen LogP contribution in [0.3, 0.4) is 0 Å². The van der Waals surface area contributed by atoms with Crippen LogP contribution in [0.4, 0.5) is 5.69 Å². The third-order valence-electron chi connectivity index (χ3n) is 3.50. The molecule has 5 nitrogen and oxygen atoms in total. The van der Waals surface area contributed by atoms with E-state index in [-0.39, 0.29) is 26.9 Å². The largest absolute Gasteiger partial charge is 0.321 e. The van der Waals surface area contributed by atoms with E-state index in [4.69, 9.17) is 16.2 Å². The molecule has 0 saturated carbocycles. The number of nitrogens with one attached hydrogen (secondary N) is 1. The Morgan fingerprint density at radius 3 is 2.12 bits per heavy atom. The van der Waals surface area contributed by atoms with Crippen molar-refractivity contribution in [1.82, 2.24) is 0 Å². The van der Waals surface area contributed by atoms with Gasteiger partial charge in [-0.25, -0.2) is 0 Å². The molecule has 1 amide bonds. The van der Waals surface area contributed by atoms with Crippen molar-refractivity contribution in [3.63, 3.8) is 0 Å². The van der Waals surface area contributed by atoms with Crippen molar-refractivity contribution in [3.8, 4) is 0 Å². The van der Waals surface area contributed by atoms with Crippen molar-refractivity contribution in [3.05, 3.63) is 58.6 Å². The number of carbonyl (C=O) groups excluding carboxylic acids is 1. The molecule has 0 atom stereocenters. The quantitative estimate of drug-likeness (QED) is 0.798. The summed E-state index contributed by atoms with van der Waals surface area (Å²) >= 11 is 5.96. The Hall–Kier alpha value is -1.89. The van der Waals surface area contributed by atoms with E-state index in [9.17, 15) is 13.2 Å². The molecule has 0 heterocycles. The maximum absolute atomic E-state index is 12.3. The molecule has 0 fully saturated rings. The molecular weight excluding hydrogens is 350 g/mol. The number of halogens is 1. The van der Waals surface area contributed by atoms with Crippen LogP contribution in [-0.2, 0) is 15.5 Å². The number of carbonyl (C=O) groups is 1. The normalized spacial score (nSPS) is 12.0. The van der Waals surface area contributed by atoms with Gasteiger partial charge >= 0.3 is 0 Å². The van der Waals surface area contributed by atoms with Gasteiger partial charge in [0.05, 0.1) is 15.6 Å². The third-order valence-corrected chi connectivity index (χ3v) is 4.66. The second-order valence-corrected chi connectivity index (χ2v) is 8.23. The first-order valence-electron chi connectivity index (χ1n) is 7.17. The summed E-state index contributed by atoms with van der Waals surface area (Å²) in [4.78, 5) is 11.9. The summed E-state index contributed by atoms with van der Waals surface area (Å²) in [6.45, 7) is 6.25. The maximum Gasteiger partial charge on any atom is 0.294 e. The lowest BCUT2D eigenvalue weighted by Crippen LogP contribution is -2.14. The predicted octanol–water partition coefficient (Wildman–Crippen LogP) is 4.14.